The summed E-state index contributed by atoms with van der Waals surface area (Å²) in [6.07, 6.45) is 4.42. The van der Waals surface area contributed by atoms with E-state index in [1.807, 2.05) is 28.9 Å². The second kappa shape index (κ2) is 4.36. The third-order valence-electron chi connectivity index (χ3n) is 2.52. The Hall–Kier alpha value is -1.18. The second-order valence-electron chi connectivity index (χ2n) is 3.48. The first-order chi connectivity index (χ1) is 7.38. The average molecular weight is 385 g/mol. The first-order valence-electron chi connectivity index (χ1n) is 4.85. The molecule has 0 saturated carbocycles. The van der Waals surface area contributed by atoms with Crippen molar-refractivity contribution in [1.29, 1.82) is 0 Å². The zero-order chi connectivity index (χ0) is 10.3. The molecule has 0 atom stereocenters. The van der Waals surface area contributed by atoms with E-state index in [9.17, 15) is 0 Å². The Morgan fingerprint density at radius 2 is 2.25 bits per heavy atom. The van der Waals surface area contributed by atoms with Crippen LogP contribution in [0.5, 0.6) is 0 Å². The summed E-state index contributed by atoms with van der Waals surface area (Å²) in [4.78, 5) is 4.47. The number of aromatic nitrogens is 2. The smallest absolute Gasteiger partial charge is 0.0607 e. The number of nitrogens with zero attached hydrogens (tertiary/aromatic N) is 2. The summed E-state index contributed by atoms with van der Waals surface area (Å²) in [5, 5.41) is 2.19. The van der Waals surface area contributed by atoms with Crippen LogP contribution in [0, 0.1) is 13.0 Å². The van der Waals surface area contributed by atoms with Crippen LogP contribution in [0.4, 0.5) is 0 Å². The van der Waals surface area contributed by atoms with E-state index in [0.29, 0.717) is 6.42 Å². The molecule has 3 aromatic rings. The molecule has 16 heavy (non-hydrogen) atoms. The van der Waals surface area contributed by atoms with Gasteiger partial charge in [0, 0.05) is 32.0 Å². The van der Waals surface area contributed by atoms with Crippen molar-refractivity contribution in [2.24, 2.45) is 0 Å². The van der Waals surface area contributed by atoms with Gasteiger partial charge in [0.05, 0.1) is 5.65 Å². The van der Waals surface area contributed by atoms with Gasteiger partial charge in [-0.15, -0.1) is 35.0 Å². The number of rotatable bonds is 1. The maximum absolute atomic E-state index is 5.57. The number of fused-ring (bicyclic) bond motifs is 3. The van der Waals surface area contributed by atoms with E-state index >= 15 is 0 Å². The van der Waals surface area contributed by atoms with Crippen molar-refractivity contribution >= 4 is 16.4 Å². The number of pyridine rings is 1. The molecule has 3 heteroatoms. The predicted molar refractivity (Wildman–Crippen MR) is 59.5 cm³/mol. The number of benzene rings is 1. The molecule has 3 radical (unpaired) electrons. The standard InChI is InChI=1S/C13H9N2.Ir/c1-2-11-9-15-8-7-10-5-3-4-6-12(10)13(15)14-11;/h1,3-5,7-9H,2H2;/q-1;. The van der Waals surface area contributed by atoms with Crippen LogP contribution in [-0.2, 0) is 26.5 Å². The minimum atomic E-state index is 0. The van der Waals surface area contributed by atoms with Crippen LogP contribution in [0.3, 0.4) is 0 Å². The van der Waals surface area contributed by atoms with Crippen molar-refractivity contribution in [2.45, 2.75) is 6.42 Å². The summed E-state index contributed by atoms with van der Waals surface area (Å²) in [5.74, 6) is 0. The van der Waals surface area contributed by atoms with Gasteiger partial charge >= 0.3 is 0 Å². The maximum atomic E-state index is 5.57. The minimum Gasteiger partial charge on any atom is -0.347 e. The summed E-state index contributed by atoms with van der Waals surface area (Å²) < 4.78 is 1.99. The van der Waals surface area contributed by atoms with Crippen LogP contribution in [-0.4, -0.2) is 9.38 Å². The Morgan fingerprint density at radius 1 is 1.38 bits per heavy atom. The molecule has 81 valence electrons. The van der Waals surface area contributed by atoms with Gasteiger partial charge in [-0.1, -0.05) is 6.07 Å². The molecule has 0 saturated heterocycles. The molecule has 0 aliphatic rings. The van der Waals surface area contributed by atoms with Gasteiger partial charge in [0.25, 0.3) is 0 Å². The average Bonchev–Trinajstić information content (AvgIpc) is 2.72. The zero-order valence-corrected chi connectivity index (χ0v) is 10.9. The first kappa shape index (κ1) is 11.3. The molecule has 0 N–H and O–H groups in total. The van der Waals surface area contributed by atoms with Crippen molar-refractivity contribution in [2.75, 3.05) is 0 Å². The maximum Gasteiger partial charge on any atom is 0.0607 e. The molecule has 0 spiro atoms. The Morgan fingerprint density at radius 3 is 3.06 bits per heavy atom. The summed E-state index contributed by atoms with van der Waals surface area (Å²) >= 11 is 0. The quantitative estimate of drug-likeness (QED) is 0.589. The third-order valence-corrected chi connectivity index (χ3v) is 2.52. The molecule has 1 aromatic carbocycles. The summed E-state index contributed by atoms with van der Waals surface area (Å²) in [7, 11) is 0. The Balaban J connectivity index is 0.000000963. The third kappa shape index (κ3) is 1.66. The summed E-state index contributed by atoms with van der Waals surface area (Å²) in [6, 6.07) is 11.2. The van der Waals surface area contributed by atoms with E-state index in [0.717, 1.165) is 22.1 Å². The van der Waals surface area contributed by atoms with E-state index in [1.165, 1.54) is 0 Å². The van der Waals surface area contributed by atoms with Crippen molar-refractivity contribution in [3.63, 3.8) is 0 Å². The van der Waals surface area contributed by atoms with Crippen LogP contribution in [0.2, 0.25) is 0 Å². The van der Waals surface area contributed by atoms with Gasteiger partial charge in [0.2, 0.25) is 0 Å². The van der Waals surface area contributed by atoms with Crippen molar-refractivity contribution in [3.05, 3.63) is 55.3 Å². The molecule has 3 rings (SSSR count). The van der Waals surface area contributed by atoms with E-state index in [2.05, 4.69) is 23.2 Å². The topological polar surface area (TPSA) is 17.3 Å². The minimum absolute atomic E-state index is 0. The van der Waals surface area contributed by atoms with Gasteiger partial charge in [-0.25, -0.2) is 0 Å². The van der Waals surface area contributed by atoms with Gasteiger partial charge in [-0.3, -0.25) is 4.98 Å². The first-order valence-corrected chi connectivity index (χ1v) is 4.85. The number of hydrogen-bond acceptors (Lipinski definition) is 1. The molecule has 0 aliphatic heterocycles. The van der Waals surface area contributed by atoms with Gasteiger partial charge in [-0.05, 0) is 19.5 Å². The number of hydrogen-bond donors (Lipinski definition) is 0. The van der Waals surface area contributed by atoms with Gasteiger partial charge in [0.1, 0.15) is 0 Å². The van der Waals surface area contributed by atoms with Crippen LogP contribution >= 0.6 is 0 Å². The molecular weight excluding hydrogens is 376 g/mol. The predicted octanol–water partition coefficient (Wildman–Crippen LogP) is 2.54. The van der Waals surface area contributed by atoms with Crippen LogP contribution in [0.25, 0.3) is 16.4 Å². The van der Waals surface area contributed by atoms with Crippen LogP contribution in [0.15, 0.2) is 36.7 Å². The zero-order valence-electron chi connectivity index (χ0n) is 8.48. The molecule has 0 amide bonds. The fourth-order valence-electron chi connectivity index (χ4n) is 1.78. The largest absolute Gasteiger partial charge is 0.347 e. The second-order valence-corrected chi connectivity index (χ2v) is 3.48. The molecule has 0 bridgehead atoms. The normalized spacial score (nSPS) is 10.6. The van der Waals surface area contributed by atoms with Gasteiger partial charge in [0.15, 0.2) is 0 Å². The van der Waals surface area contributed by atoms with Crippen LogP contribution < -0.4 is 0 Å². The fraction of sp³-hybridized carbons (Fsp3) is 0.0769. The van der Waals surface area contributed by atoms with E-state index in [1.54, 1.807) is 0 Å². The van der Waals surface area contributed by atoms with Gasteiger partial charge in [-0.2, -0.15) is 0 Å². The Bertz CT molecular complexity index is 628. The molecule has 0 aliphatic carbocycles. The van der Waals surface area contributed by atoms with Crippen molar-refractivity contribution < 1.29 is 20.1 Å². The molecular formula is C13H9IrN2-. The summed E-state index contributed by atoms with van der Waals surface area (Å²) in [5.41, 5.74) is 1.83. The Kier molecular flexibility index (Phi) is 3.08. The van der Waals surface area contributed by atoms with Crippen molar-refractivity contribution in [1.82, 2.24) is 9.38 Å². The summed E-state index contributed by atoms with van der Waals surface area (Å²) in [6.45, 7) is 5.57. The fourth-order valence-corrected chi connectivity index (χ4v) is 1.78. The van der Waals surface area contributed by atoms with E-state index < -0.39 is 0 Å². The molecule has 2 heterocycles. The SMILES string of the molecule is [CH]Cc1cn2ccc3ccc[c-]c3c2n1.[Ir]. The molecule has 2 nitrogen and oxygen atoms in total. The molecule has 2 aromatic heterocycles. The van der Waals surface area contributed by atoms with E-state index in [4.69, 9.17) is 6.92 Å². The monoisotopic (exact) mass is 386 g/mol. The van der Waals surface area contributed by atoms with Gasteiger partial charge < -0.3 is 4.40 Å². The van der Waals surface area contributed by atoms with E-state index in [-0.39, 0.29) is 20.1 Å². The Labute approximate surface area is 108 Å². The van der Waals surface area contributed by atoms with Crippen molar-refractivity contribution in [3.8, 4) is 0 Å². The number of imidazole rings is 1. The van der Waals surface area contributed by atoms with Crippen LogP contribution in [0.1, 0.15) is 5.69 Å². The molecule has 0 fully saturated rings. The molecule has 0 unspecified atom stereocenters.